The Bertz CT molecular complexity index is 476. The number of likely N-dealkylation sites (N-methyl/N-ethyl adjacent to an activating group) is 1. The van der Waals surface area contributed by atoms with Crippen LogP contribution in [0.15, 0.2) is 36.8 Å². The minimum atomic E-state index is 0.308. The van der Waals surface area contributed by atoms with Crippen molar-refractivity contribution >= 4 is 22.6 Å². The molecule has 1 aromatic carbocycles. The number of rotatable bonds is 4. The SMILES string of the molecule is CNC(Cc1ccc(I)cc1)c1cncn1C. The zero-order chi connectivity index (χ0) is 12.3. The summed E-state index contributed by atoms with van der Waals surface area (Å²) in [5, 5.41) is 3.35. The average Bonchev–Trinajstić information content (AvgIpc) is 2.75. The molecule has 1 atom stereocenters. The summed E-state index contributed by atoms with van der Waals surface area (Å²) in [5.74, 6) is 0. The monoisotopic (exact) mass is 341 g/mol. The first-order valence-corrected chi connectivity index (χ1v) is 6.66. The van der Waals surface area contributed by atoms with Crippen molar-refractivity contribution < 1.29 is 0 Å². The number of aromatic nitrogens is 2. The molecule has 0 aliphatic rings. The van der Waals surface area contributed by atoms with E-state index < -0.39 is 0 Å². The molecule has 0 saturated carbocycles. The average molecular weight is 341 g/mol. The van der Waals surface area contributed by atoms with Crippen LogP contribution in [-0.4, -0.2) is 16.6 Å². The Balaban J connectivity index is 2.16. The van der Waals surface area contributed by atoms with Gasteiger partial charge in [0.15, 0.2) is 0 Å². The molecule has 0 aliphatic carbocycles. The van der Waals surface area contributed by atoms with E-state index in [9.17, 15) is 0 Å². The molecule has 1 unspecified atom stereocenters. The Morgan fingerprint density at radius 3 is 2.59 bits per heavy atom. The van der Waals surface area contributed by atoms with Crippen molar-refractivity contribution in [3.63, 3.8) is 0 Å². The molecule has 0 aliphatic heterocycles. The summed E-state index contributed by atoms with van der Waals surface area (Å²) >= 11 is 2.33. The molecule has 4 heteroatoms. The minimum Gasteiger partial charge on any atom is -0.336 e. The highest BCUT2D eigenvalue weighted by Crippen LogP contribution is 2.18. The van der Waals surface area contributed by atoms with E-state index in [1.807, 2.05) is 26.6 Å². The van der Waals surface area contributed by atoms with Crippen molar-refractivity contribution in [3.8, 4) is 0 Å². The van der Waals surface area contributed by atoms with Crippen molar-refractivity contribution in [1.82, 2.24) is 14.9 Å². The third-order valence-electron chi connectivity index (χ3n) is 2.91. The number of aryl methyl sites for hydroxylation is 1. The van der Waals surface area contributed by atoms with Crippen LogP contribution in [-0.2, 0) is 13.5 Å². The van der Waals surface area contributed by atoms with Gasteiger partial charge in [-0.1, -0.05) is 12.1 Å². The van der Waals surface area contributed by atoms with Gasteiger partial charge in [0.25, 0.3) is 0 Å². The second-order valence-corrected chi connectivity index (χ2v) is 5.35. The molecule has 2 aromatic rings. The van der Waals surface area contributed by atoms with Gasteiger partial charge in [0.1, 0.15) is 0 Å². The predicted octanol–water partition coefficient (Wildman–Crippen LogP) is 2.53. The Labute approximate surface area is 115 Å². The molecular weight excluding hydrogens is 325 g/mol. The smallest absolute Gasteiger partial charge is 0.0946 e. The van der Waals surface area contributed by atoms with Crippen LogP contribution in [0.3, 0.4) is 0 Å². The third-order valence-corrected chi connectivity index (χ3v) is 3.63. The molecular formula is C13H16IN3. The normalized spacial score (nSPS) is 12.6. The maximum absolute atomic E-state index is 4.17. The fourth-order valence-corrected chi connectivity index (χ4v) is 2.27. The van der Waals surface area contributed by atoms with E-state index in [2.05, 4.69) is 61.7 Å². The molecule has 1 aromatic heterocycles. The van der Waals surface area contributed by atoms with E-state index in [4.69, 9.17) is 0 Å². The number of benzene rings is 1. The van der Waals surface area contributed by atoms with Crippen LogP contribution in [0.4, 0.5) is 0 Å². The molecule has 1 heterocycles. The second kappa shape index (κ2) is 5.64. The summed E-state index contributed by atoms with van der Waals surface area (Å²) in [5.41, 5.74) is 2.55. The van der Waals surface area contributed by atoms with Gasteiger partial charge in [-0.25, -0.2) is 4.98 Å². The number of nitrogens with one attached hydrogen (secondary N) is 1. The fraction of sp³-hybridized carbons (Fsp3) is 0.308. The Hall–Kier alpha value is -0.880. The number of hydrogen-bond donors (Lipinski definition) is 1. The molecule has 0 fully saturated rings. The molecule has 2 rings (SSSR count). The highest BCUT2D eigenvalue weighted by Gasteiger charge is 2.13. The van der Waals surface area contributed by atoms with Gasteiger partial charge in [0.05, 0.1) is 18.1 Å². The molecule has 90 valence electrons. The van der Waals surface area contributed by atoms with Crippen molar-refractivity contribution in [2.45, 2.75) is 12.5 Å². The second-order valence-electron chi connectivity index (χ2n) is 4.10. The van der Waals surface area contributed by atoms with Gasteiger partial charge in [-0.3, -0.25) is 0 Å². The van der Waals surface area contributed by atoms with Crippen molar-refractivity contribution in [3.05, 3.63) is 51.6 Å². The summed E-state index contributed by atoms with van der Waals surface area (Å²) in [6.07, 6.45) is 4.74. The highest BCUT2D eigenvalue weighted by atomic mass is 127. The van der Waals surface area contributed by atoms with Gasteiger partial charge in [-0.05, 0) is 53.8 Å². The number of hydrogen-bond acceptors (Lipinski definition) is 2. The lowest BCUT2D eigenvalue weighted by Gasteiger charge is -2.16. The van der Waals surface area contributed by atoms with Crippen LogP contribution in [0.2, 0.25) is 0 Å². The molecule has 0 saturated heterocycles. The molecule has 17 heavy (non-hydrogen) atoms. The lowest BCUT2D eigenvalue weighted by atomic mass is 10.0. The quantitative estimate of drug-likeness (QED) is 0.867. The largest absolute Gasteiger partial charge is 0.336 e. The van der Waals surface area contributed by atoms with Crippen LogP contribution in [0.5, 0.6) is 0 Å². The van der Waals surface area contributed by atoms with Gasteiger partial charge in [0, 0.05) is 16.8 Å². The molecule has 0 spiro atoms. The van der Waals surface area contributed by atoms with Gasteiger partial charge in [0.2, 0.25) is 0 Å². The summed E-state index contributed by atoms with van der Waals surface area (Å²) < 4.78 is 3.33. The first-order chi connectivity index (χ1) is 8.20. The predicted molar refractivity (Wildman–Crippen MR) is 77.9 cm³/mol. The number of halogens is 1. The summed E-state index contributed by atoms with van der Waals surface area (Å²) in [6, 6.07) is 8.96. The lowest BCUT2D eigenvalue weighted by Crippen LogP contribution is -2.21. The Morgan fingerprint density at radius 1 is 1.35 bits per heavy atom. The lowest BCUT2D eigenvalue weighted by molar-refractivity contribution is 0.555. The summed E-state index contributed by atoms with van der Waals surface area (Å²) in [7, 11) is 4.02. The Kier molecular flexibility index (Phi) is 4.17. The van der Waals surface area contributed by atoms with Crippen LogP contribution in [0.25, 0.3) is 0 Å². The van der Waals surface area contributed by atoms with Crippen molar-refractivity contribution in [2.75, 3.05) is 7.05 Å². The van der Waals surface area contributed by atoms with E-state index in [0.717, 1.165) is 6.42 Å². The van der Waals surface area contributed by atoms with Crippen LogP contribution in [0.1, 0.15) is 17.3 Å². The van der Waals surface area contributed by atoms with E-state index in [1.165, 1.54) is 14.8 Å². The molecule has 0 radical (unpaired) electrons. The minimum absolute atomic E-state index is 0.308. The maximum atomic E-state index is 4.17. The maximum Gasteiger partial charge on any atom is 0.0946 e. The molecule has 0 amide bonds. The van der Waals surface area contributed by atoms with Crippen molar-refractivity contribution in [1.29, 1.82) is 0 Å². The Morgan fingerprint density at radius 2 is 2.06 bits per heavy atom. The van der Waals surface area contributed by atoms with E-state index >= 15 is 0 Å². The zero-order valence-corrected chi connectivity index (χ0v) is 12.2. The number of nitrogens with zero attached hydrogens (tertiary/aromatic N) is 2. The van der Waals surface area contributed by atoms with E-state index in [0.29, 0.717) is 6.04 Å². The highest BCUT2D eigenvalue weighted by molar-refractivity contribution is 14.1. The summed E-state index contributed by atoms with van der Waals surface area (Å²) in [6.45, 7) is 0. The third kappa shape index (κ3) is 3.07. The molecule has 1 N–H and O–H groups in total. The van der Waals surface area contributed by atoms with Crippen LogP contribution >= 0.6 is 22.6 Å². The van der Waals surface area contributed by atoms with Crippen molar-refractivity contribution in [2.24, 2.45) is 7.05 Å². The first-order valence-electron chi connectivity index (χ1n) is 5.58. The summed E-state index contributed by atoms with van der Waals surface area (Å²) in [4.78, 5) is 4.17. The molecule has 0 bridgehead atoms. The van der Waals surface area contributed by atoms with Gasteiger partial charge in [-0.2, -0.15) is 0 Å². The van der Waals surface area contributed by atoms with Gasteiger partial charge < -0.3 is 9.88 Å². The van der Waals surface area contributed by atoms with E-state index in [-0.39, 0.29) is 0 Å². The topological polar surface area (TPSA) is 29.9 Å². The van der Waals surface area contributed by atoms with Gasteiger partial charge >= 0.3 is 0 Å². The van der Waals surface area contributed by atoms with Crippen LogP contribution in [0, 0.1) is 3.57 Å². The molecule has 3 nitrogen and oxygen atoms in total. The zero-order valence-electron chi connectivity index (χ0n) is 10.0. The van der Waals surface area contributed by atoms with Crippen LogP contribution < -0.4 is 5.32 Å². The van der Waals surface area contributed by atoms with E-state index in [1.54, 1.807) is 0 Å². The van der Waals surface area contributed by atoms with Gasteiger partial charge in [-0.15, -0.1) is 0 Å². The standard InChI is InChI=1S/C13H16IN3/c1-15-12(13-8-16-9-17(13)2)7-10-3-5-11(14)6-4-10/h3-6,8-9,12,15H,7H2,1-2H3. The first kappa shape index (κ1) is 12.6. The fourth-order valence-electron chi connectivity index (χ4n) is 1.91. The number of imidazole rings is 1.